The molecule has 6 nitrogen and oxygen atoms in total. The van der Waals surface area contributed by atoms with E-state index in [-0.39, 0.29) is 6.54 Å². The van der Waals surface area contributed by atoms with Crippen molar-refractivity contribution in [3.63, 3.8) is 0 Å². The summed E-state index contributed by atoms with van der Waals surface area (Å²) in [5, 5.41) is 6.46. The van der Waals surface area contributed by atoms with Gasteiger partial charge in [-0.3, -0.25) is 4.79 Å². The molecule has 0 bridgehead atoms. The molecule has 4 aromatic rings. The van der Waals surface area contributed by atoms with E-state index in [0.29, 0.717) is 44.7 Å². The standard InChI is InChI=1S/C20H16F2N4O2S/c1-10-5-16(25-28-10)20-24-17(9-29-20)18-7-13(19(23)27)11(2)26(18)8-12-3-4-14(21)15(22)6-12/h3-7,9H,8H2,1-2H3,(H2,23,27). The summed E-state index contributed by atoms with van der Waals surface area (Å²) in [4.78, 5) is 16.5. The van der Waals surface area contributed by atoms with Gasteiger partial charge in [-0.25, -0.2) is 13.8 Å². The van der Waals surface area contributed by atoms with Gasteiger partial charge in [0.2, 0.25) is 0 Å². The van der Waals surface area contributed by atoms with Gasteiger partial charge in [0.15, 0.2) is 11.6 Å². The van der Waals surface area contributed by atoms with Crippen molar-refractivity contribution in [1.82, 2.24) is 14.7 Å². The molecule has 0 aliphatic carbocycles. The SMILES string of the molecule is Cc1cc(-c2nc(-c3cc(C(N)=O)c(C)n3Cc3ccc(F)c(F)c3)cs2)no1. The minimum absolute atomic E-state index is 0.224. The van der Waals surface area contributed by atoms with E-state index < -0.39 is 17.5 Å². The highest BCUT2D eigenvalue weighted by atomic mass is 32.1. The van der Waals surface area contributed by atoms with Gasteiger partial charge in [-0.1, -0.05) is 11.2 Å². The van der Waals surface area contributed by atoms with Crippen molar-refractivity contribution in [3.05, 3.63) is 69.9 Å². The van der Waals surface area contributed by atoms with Crippen molar-refractivity contribution in [2.45, 2.75) is 20.4 Å². The van der Waals surface area contributed by atoms with Crippen LogP contribution in [0.15, 0.2) is 40.2 Å². The number of hydrogen-bond donors (Lipinski definition) is 1. The van der Waals surface area contributed by atoms with E-state index in [1.165, 1.54) is 17.4 Å². The van der Waals surface area contributed by atoms with E-state index in [0.717, 1.165) is 12.1 Å². The summed E-state index contributed by atoms with van der Waals surface area (Å²) in [6.45, 7) is 3.76. The highest BCUT2D eigenvalue weighted by Crippen LogP contribution is 2.31. The van der Waals surface area contributed by atoms with Crippen LogP contribution in [0, 0.1) is 25.5 Å². The van der Waals surface area contributed by atoms with Gasteiger partial charge in [0, 0.05) is 23.7 Å². The third-order valence-electron chi connectivity index (χ3n) is 4.57. The normalized spacial score (nSPS) is 11.2. The third kappa shape index (κ3) is 3.56. The Hall–Kier alpha value is -3.33. The maximum Gasteiger partial charge on any atom is 0.250 e. The number of carbonyl (C=O) groups is 1. The maximum absolute atomic E-state index is 13.6. The minimum atomic E-state index is -0.929. The first-order valence-electron chi connectivity index (χ1n) is 8.67. The molecule has 1 aromatic carbocycles. The molecule has 3 heterocycles. The number of rotatable bonds is 5. The molecule has 0 radical (unpaired) electrons. The second-order valence-corrected chi connectivity index (χ2v) is 7.45. The molecule has 0 saturated heterocycles. The lowest BCUT2D eigenvalue weighted by Gasteiger charge is -2.11. The fraction of sp³-hybridized carbons (Fsp3) is 0.150. The number of primary amides is 1. The number of carbonyl (C=O) groups excluding carboxylic acids is 1. The molecule has 9 heteroatoms. The average molecular weight is 414 g/mol. The molecule has 0 aliphatic heterocycles. The van der Waals surface area contributed by atoms with Gasteiger partial charge in [0.05, 0.1) is 17.0 Å². The molecule has 0 unspecified atom stereocenters. The van der Waals surface area contributed by atoms with E-state index >= 15 is 0 Å². The van der Waals surface area contributed by atoms with Crippen LogP contribution in [0.2, 0.25) is 0 Å². The lowest BCUT2D eigenvalue weighted by atomic mass is 10.2. The Balaban J connectivity index is 1.78. The van der Waals surface area contributed by atoms with Crippen LogP contribution in [0.25, 0.3) is 22.1 Å². The van der Waals surface area contributed by atoms with Crippen molar-refractivity contribution >= 4 is 17.2 Å². The molecule has 0 atom stereocenters. The predicted molar refractivity (Wildman–Crippen MR) is 104 cm³/mol. The Morgan fingerprint density at radius 1 is 1.17 bits per heavy atom. The summed E-state index contributed by atoms with van der Waals surface area (Å²) in [7, 11) is 0. The molecular weight excluding hydrogens is 398 g/mol. The van der Waals surface area contributed by atoms with E-state index in [1.54, 1.807) is 30.5 Å². The summed E-state index contributed by atoms with van der Waals surface area (Å²) >= 11 is 1.38. The van der Waals surface area contributed by atoms with Crippen LogP contribution in [0.5, 0.6) is 0 Å². The number of thiazole rings is 1. The number of aromatic nitrogens is 3. The number of aryl methyl sites for hydroxylation is 1. The lowest BCUT2D eigenvalue weighted by molar-refractivity contribution is 0.0999. The highest BCUT2D eigenvalue weighted by molar-refractivity contribution is 7.13. The van der Waals surface area contributed by atoms with Crippen LogP contribution in [-0.4, -0.2) is 20.6 Å². The number of halogens is 2. The number of amides is 1. The minimum Gasteiger partial charge on any atom is -0.366 e. The van der Waals surface area contributed by atoms with Gasteiger partial charge in [-0.15, -0.1) is 11.3 Å². The van der Waals surface area contributed by atoms with Crippen molar-refractivity contribution in [1.29, 1.82) is 0 Å². The molecule has 0 fully saturated rings. The monoisotopic (exact) mass is 414 g/mol. The van der Waals surface area contributed by atoms with Gasteiger partial charge >= 0.3 is 0 Å². The molecule has 0 aliphatic rings. The Bertz CT molecular complexity index is 1230. The van der Waals surface area contributed by atoms with E-state index in [2.05, 4.69) is 10.1 Å². The number of benzene rings is 1. The van der Waals surface area contributed by atoms with Crippen LogP contribution >= 0.6 is 11.3 Å². The summed E-state index contributed by atoms with van der Waals surface area (Å²) in [6.07, 6.45) is 0. The number of nitrogens with two attached hydrogens (primary N) is 1. The molecule has 0 saturated carbocycles. The maximum atomic E-state index is 13.6. The van der Waals surface area contributed by atoms with E-state index in [4.69, 9.17) is 10.3 Å². The molecule has 29 heavy (non-hydrogen) atoms. The van der Waals surface area contributed by atoms with Crippen molar-refractivity contribution < 1.29 is 18.1 Å². The van der Waals surface area contributed by atoms with Crippen LogP contribution < -0.4 is 5.73 Å². The Morgan fingerprint density at radius 2 is 1.97 bits per heavy atom. The Labute approximate surface area is 168 Å². The third-order valence-corrected chi connectivity index (χ3v) is 5.44. The van der Waals surface area contributed by atoms with Crippen LogP contribution in [-0.2, 0) is 6.54 Å². The van der Waals surface area contributed by atoms with E-state index in [1.807, 2.05) is 5.38 Å². The molecule has 1 amide bonds. The topological polar surface area (TPSA) is 86.9 Å². The largest absolute Gasteiger partial charge is 0.366 e. The van der Waals surface area contributed by atoms with Crippen molar-refractivity contribution in [3.8, 4) is 22.1 Å². The summed E-state index contributed by atoms with van der Waals surface area (Å²) in [5.41, 5.74) is 8.88. The molecular formula is C20H16F2N4O2S. The van der Waals surface area contributed by atoms with E-state index in [9.17, 15) is 13.6 Å². The molecule has 4 rings (SSSR count). The smallest absolute Gasteiger partial charge is 0.250 e. The van der Waals surface area contributed by atoms with Gasteiger partial charge in [-0.2, -0.15) is 0 Å². The first kappa shape index (κ1) is 19.0. The van der Waals surface area contributed by atoms with Crippen molar-refractivity contribution in [2.24, 2.45) is 5.73 Å². The molecule has 2 N–H and O–H groups in total. The number of nitrogens with zero attached hydrogens (tertiary/aromatic N) is 3. The summed E-state index contributed by atoms with van der Waals surface area (Å²) < 4.78 is 33.8. The quantitative estimate of drug-likeness (QED) is 0.527. The summed E-state index contributed by atoms with van der Waals surface area (Å²) in [5.74, 6) is -1.75. The second kappa shape index (κ2) is 7.25. The Morgan fingerprint density at radius 3 is 2.62 bits per heavy atom. The molecule has 3 aromatic heterocycles. The van der Waals surface area contributed by atoms with Gasteiger partial charge < -0.3 is 14.8 Å². The average Bonchev–Trinajstić information content (AvgIpc) is 3.38. The van der Waals surface area contributed by atoms with Crippen LogP contribution in [0.4, 0.5) is 8.78 Å². The van der Waals surface area contributed by atoms with Crippen molar-refractivity contribution in [2.75, 3.05) is 0 Å². The Kier molecular flexibility index (Phi) is 4.75. The van der Waals surface area contributed by atoms with Crippen LogP contribution in [0.3, 0.4) is 0 Å². The first-order valence-corrected chi connectivity index (χ1v) is 9.55. The molecule has 0 spiro atoms. The fourth-order valence-corrected chi connectivity index (χ4v) is 3.87. The second-order valence-electron chi connectivity index (χ2n) is 6.59. The highest BCUT2D eigenvalue weighted by Gasteiger charge is 2.20. The van der Waals surface area contributed by atoms with Gasteiger partial charge in [0.25, 0.3) is 5.91 Å². The lowest BCUT2D eigenvalue weighted by Crippen LogP contribution is -2.13. The van der Waals surface area contributed by atoms with Crippen LogP contribution in [0.1, 0.15) is 27.4 Å². The zero-order valence-electron chi connectivity index (χ0n) is 15.6. The van der Waals surface area contributed by atoms with Gasteiger partial charge in [0.1, 0.15) is 16.5 Å². The first-order chi connectivity index (χ1) is 13.8. The predicted octanol–water partition coefficient (Wildman–Crippen LogP) is 4.31. The fourth-order valence-electron chi connectivity index (χ4n) is 3.11. The summed E-state index contributed by atoms with van der Waals surface area (Å²) in [6, 6.07) is 7.14. The van der Waals surface area contributed by atoms with Gasteiger partial charge in [-0.05, 0) is 37.6 Å². The number of hydrogen-bond acceptors (Lipinski definition) is 5. The molecule has 148 valence electrons. The zero-order valence-corrected chi connectivity index (χ0v) is 16.4. The zero-order chi connectivity index (χ0) is 20.7.